The van der Waals surface area contributed by atoms with E-state index in [1.54, 1.807) is 5.38 Å². The molecule has 0 bridgehead atoms. The molecule has 1 aliphatic rings. The topological polar surface area (TPSA) is 59.4 Å². The van der Waals surface area contributed by atoms with Crippen molar-refractivity contribution in [1.29, 1.82) is 0 Å². The zero-order valence-electron chi connectivity index (χ0n) is 9.89. The summed E-state index contributed by atoms with van der Waals surface area (Å²) in [4.78, 5) is 14.7. The van der Waals surface area contributed by atoms with Crippen molar-refractivity contribution >= 4 is 17.3 Å². The van der Waals surface area contributed by atoms with Crippen molar-refractivity contribution in [3.63, 3.8) is 0 Å². The van der Waals surface area contributed by atoms with Crippen LogP contribution < -0.4 is 0 Å². The molecule has 0 aromatic carbocycles. The van der Waals surface area contributed by atoms with E-state index in [0.29, 0.717) is 12.7 Å². The quantitative estimate of drug-likeness (QED) is 0.898. The molecule has 1 fully saturated rings. The summed E-state index contributed by atoms with van der Waals surface area (Å²) in [6.07, 6.45) is 5.05. The first-order chi connectivity index (χ1) is 8.15. The van der Waals surface area contributed by atoms with Crippen molar-refractivity contribution in [3.05, 3.63) is 16.1 Å². The van der Waals surface area contributed by atoms with Gasteiger partial charge >= 0.3 is 5.97 Å². The standard InChI is InChI=1S/C12H17NO3S/c1-8-3-2-4-10(5-8)16-6-9-7-17-11(13-9)12(14)15/h7-8,10H,2-6H2,1H3,(H,14,15). The van der Waals surface area contributed by atoms with E-state index in [-0.39, 0.29) is 5.01 Å². The summed E-state index contributed by atoms with van der Waals surface area (Å²) in [5.41, 5.74) is 0.727. The molecule has 2 rings (SSSR count). The largest absolute Gasteiger partial charge is 0.476 e. The number of hydrogen-bond acceptors (Lipinski definition) is 4. The third kappa shape index (κ3) is 3.51. The van der Waals surface area contributed by atoms with Gasteiger partial charge in [-0.1, -0.05) is 19.8 Å². The summed E-state index contributed by atoms with van der Waals surface area (Å²) in [5, 5.41) is 10.7. The van der Waals surface area contributed by atoms with Crippen LogP contribution in [-0.4, -0.2) is 22.2 Å². The van der Waals surface area contributed by atoms with Crippen LogP contribution >= 0.6 is 11.3 Å². The Morgan fingerprint density at radius 2 is 2.47 bits per heavy atom. The van der Waals surface area contributed by atoms with Crippen molar-refractivity contribution in [2.45, 2.75) is 45.3 Å². The van der Waals surface area contributed by atoms with Gasteiger partial charge in [-0.15, -0.1) is 11.3 Å². The molecule has 17 heavy (non-hydrogen) atoms. The Hall–Kier alpha value is -0.940. The summed E-state index contributed by atoms with van der Waals surface area (Å²) >= 11 is 1.15. The van der Waals surface area contributed by atoms with Gasteiger partial charge in [0.15, 0.2) is 0 Å². The first kappa shape index (κ1) is 12.5. The number of ether oxygens (including phenoxy) is 1. The molecule has 94 valence electrons. The monoisotopic (exact) mass is 255 g/mol. The van der Waals surface area contributed by atoms with E-state index in [1.165, 1.54) is 12.8 Å². The lowest BCUT2D eigenvalue weighted by molar-refractivity contribution is 0.00336. The summed E-state index contributed by atoms with van der Waals surface area (Å²) < 4.78 is 5.78. The zero-order chi connectivity index (χ0) is 12.3. The van der Waals surface area contributed by atoms with Crippen molar-refractivity contribution in [2.24, 2.45) is 5.92 Å². The molecule has 0 amide bonds. The van der Waals surface area contributed by atoms with Gasteiger partial charge in [0.1, 0.15) is 0 Å². The Bertz CT molecular complexity index is 391. The molecule has 4 nitrogen and oxygen atoms in total. The number of aromatic nitrogens is 1. The van der Waals surface area contributed by atoms with Crippen molar-refractivity contribution in [3.8, 4) is 0 Å². The van der Waals surface area contributed by atoms with Gasteiger partial charge in [0.25, 0.3) is 0 Å². The second-order valence-corrected chi connectivity index (χ2v) is 5.51. The average molecular weight is 255 g/mol. The molecule has 2 unspecified atom stereocenters. The van der Waals surface area contributed by atoms with E-state index in [0.717, 1.165) is 35.8 Å². The molecule has 1 aromatic heterocycles. The maximum atomic E-state index is 10.7. The van der Waals surface area contributed by atoms with E-state index < -0.39 is 5.97 Å². The second-order valence-electron chi connectivity index (χ2n) is 4.65. The van der Waals surface area contributed by atoms with Crippen LogP contribution in [0.5, 0.6) is 0 Å². The number of hydrogen-bond donors (Lipinski definition) is 1. The van der Waals surface area contributed by atoms with Gasteiger partial charge in [-0.2, -0.15) is 0 Å². The molecule has 5 heteroatoms. The lowest BCUT2D eigenvalue weighted by Gasteiger charge is -2.26. The number of aromatic carboxylic acids is 1. The highest BCUT2D eigenvalue weighted by Crippen LogP contribution is 2.26. The predicted molar refractivity (Wildman–Crippen MR) is 65.3 cm³/mol. The van der Waals surface area contributed by atoms with Crippen LogP contribution in [0.3, 0.4) is 0 Å². The van der Waals surface area contributed by atoms with E-state index in [4.69, 9.17) is 9.84 Å². The lowest BCUT2D eigenvalue weighted by Crippen LogP contribution is -2.21. The Balaban J connectivity index is 1.82. The van der Waals surface area contributed by atoms with E-state index >= 15 is 0 Å². The fraction of sp³-hybridized carbons (Fsp3) is 0.667. The first-order valence-corrected chi connectivity index (χ1v) is 6.82. The first-order valence-electron chi connectivity index (χ1n) is 5.94. The molecule has 0 radical (unpaired) electrons. The summed E-state index contributed by atoms with van der Waals surface area (Å²) in [6.45, 7) is 2.68. The minimum absolute atomic E-state index is 0.139. The molecular weight excluding hydrogens is 238 g/mol. The highest BCUT2D eigenvalue weighted by atomic mass is 32.1. The fourth-order valence-electron chi connectivity index (χ4n) is 2.20. The van der Waals surface area contributed by atoms with Crippen molar-refractivity contribution in [2.75, 3.05) is 0 Å². The molecule has 0 aliphatic heterocycles. The maximum Gasteiger partial charge on any atom is 0.365 e. The molecule has 2 atom stereocenters. The molecule has 1 N–H and O–H groups in total. The van der Waals surface area contributed by atoms with Gasteiger partial charge in [-0.25, -0.2) is 9.78 Å². The van der Waals surface area contributed by atoms with E-state index in [1.807, 2.05) is 0 Å². The number of thiazole rings is 1. The normalized spacial score (nSPS) is 24.8. The van der Waals surface area contributed by atoms with Crippen LogP contribution in [0.2, 0.25) is 0 Å². The van der Waals surface area contributed by atoms with Crippen LogP contribution in [0.25, 0.3) is 0 Å². The third-order valence-corrected chi connectivity index (χ3v) is 3.97. The molecule has 1 aliphatic carbocycles. The minimum Gasteiger partial charge on any atom is -0.476 e. The lowest BCUT2D eigenvalue weighted by atomic mass is 9.89. The van der Waals surface area contributed by atoms with Crippen LogP contribution in [0, 0.1) is 5.92 Å². The fourth-order valence-corrected chi connectivity index (χ4v) is 2.84. The Kier molecular flexibility index (Phi) is 4.12. The molecule has 0 saturated heterocycles. The van der Waals surface area contributed by atoms with Gasteiger partial charge in [-0.05, 0) is 18.8 Å². The number of nitrogens with zero attached hydrogens (tertiary/aromatic N) is 1. The Morgan fingerprint density at radius 3 is 3.12 bits per heavy atom. The van der Waals surface area contributed by atoms with Crippen LogP contribution in [0.15, 0.2) is 5.38 Å². The minimum atomic E-state index is -0.965. The van der Waals surface area contributed by atoms with Crippen molar-refractivity contribution in [1.82, 2.24) is 4.98 Å². The van der Waals surface area contributed by atoms with Crippen LogP contribution in [0.4, 0.5) is 0 Å². The summed E-state index contributed by atoms with van der Waals surface area (Å²) in [7, 11) is 0. The Morgan fingerprint density at radius 1 is 1.65 bits per heavy atom. The Labute approximate surface area is 105 Å². The summed E-state index contributed by atoms with van der Waals surface area (Å²) in [5.74, 6) is -0.230. The van der Waals surface area contributed by atoms with Gasteiger partial charge in [-0.3, -0.25) is 0 Å². The summed E-state index contributed by atoms with van der Waals surface area (Å²) in [6, 6.07) is 0. The number of carbonyl (C=O) groups is 1. The predicted octanol–water partition coefficient (Wildman–Crippen LogP) is 2.94. The van der Waals surface area contributed by atoms with Gasteiger partial charge in [0.05, 0.1) is 18.4 Å². The van der Waals surface area contributed by atoms with Gasteiger partial charge in [0.2, 0.25) is 5.01 Å². The highest BCUT2D eigenvalue weighted by Gasteiger charge is 2.19. The third-order valence-electron chi connectivity index (χ3n) is 3.09. The zero-order valence-corrected chi connectivity index (χ0v) is 10.7. The second kappa shape index (κ2) is 5.60. The number of carboxylic acids is 1. The number of carboxylic acid groups (broad SMARTS) is 1. The SMILES string of the molecule is CC1CCCC(OCc2csc(C(=O)O)n2)C1. The van der Waals surface area contributed by atoms with E-state index in [9.17, 15) is 4.79 Å². The van der Waals surface area contributed by atoms with E-state index in [2.05, 4.69) is 11.9 Å². The average Bonchev–Trinajstić information content (AvgIpc) is 2.75. The van der Waals surface area contributed by atoms with Crippen molar-refractivity contribution < 1.29 is 14.6 Å². The highest BCUT2D eigenvalue weighted by molar-refractivity contribution is 7.11. The molecule has 1 saturated carbocycles. The molecule has 1 aromatic rings. The van der Waals surface area contributed by atoms with Crippen LogP contribution in [-0.2, 0) is 11.3 Å². The smallest absolute Gasteiger partial charge is 0.365 e. The molecule has 1 heterocycles. The van der Waals surface area contributed by atoms with Gasteiger partial charge in [0, 0.05) is 5.38 Å². The molecule has 0 spiro atoms. The molecular formula is C12H17NO3S. The maximum absolute atomic E-state index is 10.7. The number of rotatable bonds is 4. The van der Waals surface area contributed by atoms with Gasteiger partial charge < -0.3 is 9.84 Å². The van der Waals surface area contributed by atoms with Crippen LogP contribution in [0.1, 0.15) is 48.1 Å².